The predicted octanol–water partition coefficient (Wildman–Crippen LogP) is 3.29. The molecule has 0 radical (unpaired) electrons. The van der Waals surface area contributed by atoms with Gasteiger partial charge in [0.2, 0.25) is 5.91 Å². The molecule has 2 aliphatic heterocycles. The fourth-order valence-corrected chi connectivity index (χ4v) is 3.91. The molecule has 2 saturated heterocycles. The zero-order valence-electron chi connectivity index (χ0n) is 14.0. The van der Waals surface area contributed by atoms with Gasteiger partial charge in [0.05, 0.1) is 0 Å². The molecule has 0 unspecified atom stereocenters. The van der Waals surface area contributed by atoms with Gasteiger partial charge in [0.25, 0.3) is 0 Å². The number of amides is 1. The van der Waals surface area contributed by atoms with E-state index in [1.807, 2.05) is 0 Å². The highest BCUT2D eigenvalue weighted by molar-refractivity contribution is 5.78. The first-order valence-electron chi connectivity index (χ1n) is 8.26. The van der Waals surface area contributed by atoms with Crippen LogP contribution in [-0.2, 0) is 4.79 Å². The van der Waals surface area contributed by atoms with Crippen LogP contribution in [0.15, 0.2) is 0 Å². The average molecular weight is 280 g/mol. The third kappa shape index (κ3) is 3.55. The number of hydrogen-bond acceptors (Lipinski definition) is 2. The van der Waals surface area contributed by atoms with Crippen LogP contribution >= 0.6 is 0 Å². The fraction of sp³-hybridized carbons (Fsp3) is 0.941. The topological polar surface area (TPSA) is 23.6 Å². The minimum Gasteiger partial charge on any atom is -0.338 e. The molecule has 0 aromatic carbocycles. The second-order valence-electron chi connectivity index (χ2n) is 8.27. The number of rotatable bonds is 3. The second-order valence-corrected chi connectivity index (χ2v) is 8.27. The van der Waals surface area contributed by atoms with Crippen LogP contribution in [-0.4, -0.2) is 46.4 Å². The lowest BCUT2D eigenvalue weighted by Crippen LogP contribution is -2.49. The normalized spacial score (nSPS) is 23.6. The monoisotopic (exact) mass is 280 g/mol. The average Bonchev–Trinajstić information content (AvgIpc) is 2.75. The number of carbonyl (C=O) groups is 1. The lowest BCUT2D eigenvalue weighted by molar-refractivity contribution is -0.132. The highest BCUT2D eigenvalue weighted by atomic mass is 16.2. The molecule has 0 bridgehead atoms. The Labute approximate surface area is 124 Å². The third-order valence-electron chi connectivity index (χ3n) is 5.16. The van der Waals surface area contributed by atoms with E-state index in [9.17, 15) is 4.79 Å². The lowest BCUT2D eigenvalue weighted by atomic mass is 9.82. The van der Waals surface area contributed by atoms with E-state index in [4.69, 9.17) is 0 Å². The first kappa shape index (κ1) is 15.8. The van der Waals surface area contributed by atoms with Gasteiger partial charge in [-0.25, -0.2) is 0 Å². The van der Waals surface area contributed by atoms with E-state index >= 15 is 0 Å². The van der Waals surface area contributed by atoms with E-state index in [2.05, 4.69) is 44.4 Å². The number of carbonyl (C=O) groups excluding carboxylic acids is 1. The Morgan fingerprint density at radius 3 is 2.10 bits per heavy atom. The number of piperidine rings is 1. The van der Waals surface area contributed by atoms with E-state index < -0.39 is 0 Å². The van der Waals surface area contributed by atoms with Crippen LogP contribution in [0.2, 0.25) is 0 Å². The van der Waals surface area contributed by atoms with E-state index in [0.29, 0.717) is 11.4 Å². The summed E-state index contributed by atoms with van der Waals surface area (Å²) in [6, 6.07) is 0. The van der Waals surface area contributed by atoms with Gasteiger partial charge in [-0.3, -0.25) is 9.69 Å². The van der Waals surface area contributed by atoms with Crippen molar-refractivity contribution < 1.29 is 4.79 Å². The maximum atomic E-state index is 12.0. The Balaban J connectivity index is 1.87. The Hall–Kier alpha value is -0.570. The second kappa shape index (κ2) is 5.67. The number of hydrogen-bond donors (Lipinski definition) is 0. The molecule has 0 saturated carbocycles. The van der Waals surface area contributed by atoms with E-state index in [-0.39, 0.29) is 5.54 Å². The first-order chi connectivity index (χ1) is 9.20. The van der Waals surface area contributed by atoms with Crippen molar-refractivity contribution in [1.29, 1.82) is 0 Å². The fourth-order valence-electron chi connectivity index (χ4n) is 3.91. The van der Waals surface area contributed by atoms with Gasteiger partial charge < -0.3 is 4.90 Å². The molecule has 0 atom stereocenters. The summed E-state index contributed by atoms with van der Waals surface area (Å²) in [7, 11) is 0. The predicted molar refractivity (Wildman–Crippen MR) is 83.7 cm³/mol. The molecule has 2 aliphatic rings. The van der Waals surface area contributed by atoms with Gasteiger partial charge in [-0.05, 0) is 79.3 Å². The van der Waals surface area contributed by atoms with Crippen LogP contribution in [0, 0.1) is 5.92 Å². The van der Waals surface area contributed by atoms with Gasteiger partial charge in [-0.2, -0.15) is 0 Å². The van der Waals surface area contributed by atoms with Crippen molar-refractivity contribution in [2.24, 2.45) is 5.92 Å². The van der Waals surface area contributed by atoms with Crippen LogP contribution in [0.4, 0.5) is 0 Å². The van der Waals surface area contributed by atoms with Crippen molar-refractivity contribution in [2.45, 2.75) is 77.8 Å². The van der Waals surface area contributed by atoms with Crippen LogP contribution in [0.5, 0.6) is 0 Å². The molecule has 0 aromatic rings. The van der Waals surface area contributed by atoms with Crippen molar-refractivity contribution in [1.82, 2.24) is 9.80 Å². The largest absolute Gasteiger partial charge is 0.338 e. The number of likely N-dealkylation sites (tertiary alicyclic amines) is 2. The van der Waals surface area contributed by atoms with E-state index in [0.717, 1.165) is 31.7 Å². The summed E-state index contributed by atoms with van der Waals surface area (Å²) in [5, 5.41) is 0. The molecular weight excluding hydrogens is 248 g/mol. The van der Waals surface area contributed by atoms with Gasteiger partial charge >= 0.3 is 0 Å². The molecule has 20 heavy (non-hydrogen) atoms. The van der Waals surface area contributed by atoms with Crippen molar-refractivity contribution in [3.8, 4) is 0 Å². The molecule has 0 spiro atoms. The summed E-state index contributed by atoms with van der Waals surface area (Å²) in [5.74, 6) is 1.14. The van der Waals surface area contributed by atoms with E-state index in [1.165, 1.54) is 25.9 Å². The van der Waals surface area contributed by atoms with E-state index in [1.54, 1.807) is 0 Å². The summed E-state index contributed by atoms with van der Waals surface area (Å²) >= 11 is 0. The van der Waals surface area contributed by atoms with Gasteiger partial charge in [0, 0.05) is 24.0 Å². The van der Waals surface area contributed by atoms with Crippen LogP contribution in [0.25, 0.3) is 0 Å². The molecule has 3 heteroatoms. The first-order valence-corrected chi connectivity index (χ1v) is 8.26. The molecule has 2 rings (SSSR count). The maximum absolute atomic E-state index is 12.0. The Bertz CT molecular complexity index is 348. The summed E-state index contributed by atoms with van der Waals surface area (Å²) in [6.45, 7) is 14.8. The third-order valence-corrected chi connectivity index (χ3v) is 5.16. The Kier molecular flexibility index (Phi) is 4.48. The number of nitrogens with zero attached hydrogens (tertiary/aromatic N) is 2. The van der Waals surface area contributed by atoms with Crippen LogP contribution in [0.1, 0.15) is 66.7 Å². The van der Waals surface area contributed by atoms with Crippen molar-refractivity contribution in [3.63, 3.8) is 0 Å². The minimum absolute atomic E-state index is 0.0438. The Morgan fingerprint density at radius 2 is 1.65 bits per heavy atom. The van der Waals surface area contributed by atoms with Crippen molar-refractivity contribution >= 4 is 5.91 Å². The quantitative estimate of drug-likeness (QED) is 0.792. The van der Waals surface area contributed by atoms with Crippen LogP contribution < -0.4 is 0 Å². The van der Waals surface area contributed by atoms with Gasteiger partial charge in [-0.1, -0.05) is 0 Å². The summed E-state index contributed by atoms with van der Waals surface area (Å²) in [4.78, 5) is 16.7. The summed E-state index contributed by atoms with van der Waals surface area (Å²) in [5.41, 5.74) is 0.341. The summed E-state index contributed by atoms with van der Waals surface area (Å²) in [6.07, 6.45) is 5.53. The van der Waals surface area contributed by atoms with Gasteiger partial charge in [0.15, 0.2) is 0 Å². The molecule has 0 aliphatic carbocycles. The minimum atomic E-state index is 0.0438. The smallest absolute Gasteiger partial charge is 0.223 e. The van der Waals surface area contributed by atoms with Crippen LogP contribution in [0.3, 0.4) is 0 Å². The lowest BCUT2D eigenvalue weighted by Gasteiger charge is -2.44. The van der Waals surface area contributed by atoms with Crippen molar-refractivity contribution in [2.75, 3.05) is 19.6 Å². The highest BCUT2D eigenvalue weighted by Crippen LogP contribution is 2.33. The molecule has 1 amide bonds. The zero-order chi connectivity index (χ0) is 15.0. The molecule has 2 fully saturated rings. The SMILES string of the molecule is CC(C)(C)N1CCC(CC(C)(C)N2CCCC2=O)CC1. The molecule has 0 aromatic heterocycles. The molecule has 3 nitrogen and oxygen atoms in total. The standard InChI is InChI=1S/C17H32N2O/c1-16(2,3)18-11-8-14(9-12-18)13-17(4,5)19-10-6-7-15(19)20/h14H,6-13H2,1-5H3. The van der Waals surface area contributed by atoms with Gasteiger partial charge in [-0.15, -0.1) is 0 Å². The van der Waals surface area contributed by atoms with Gasteiger partial charge in [0.1, 0.15) is 0 Å². The van der Waals surface area contributed by atoms with Crippen molar-refractivity contribution in [3.05, 3.63) is 0 Å². The highest BCUT2D eigenvalue weighted by Gasteiger charge is 2.37. The molecule has 2 heterocycles. The molecule has 116 valence electrons. The summed E-state index contributed by atoms with van der Waals surface area (Å²) < 4.78 is 0. The molecular formula is C17H32N2O. The maximum Gasteiger partial charge on any atom is 0.223 e. The molecule has 0 N–H and O–H groups in total. The Morgan fingerprint density at radius 1 is 1.05 bits per heavy atom. The zero-order valence-corrected chi connectivity index (χ0v) is 14.0.